The molecule has 0 bridgehead atoms. The summed E-state index contributed by atoms with van der Waals surface area (Å²) in [6.07, 6.45) is 8.03. The quantitative estimate of drug-likeness (QED) is 0.657. The van der Waals surface area contributed by atoms with Gasteiger partial charge in [-0.25, -0.2) is 4.99 Å². The minimum absolute atomic E-state index is 0.0931. The number of aliphatic imine (C=N–C) groups is 1. The highest BCUT2D eigenvalue weighted by Crippen LogP contribution is 2.18. The fourth-order valence-corrected chi connectivity index (χ4v) is 1.80. The smallest absolute Gasteiger partial charge is 0.124 e. The highest BCUT2D eigenvalue weighted by molar-refractivity contribution is 5.60. The van der Waals surface area contributed by atoms with Crippen LogP contribution in [-0.4, -0.2) is 35.4 Å². The normalized spacial score (nSPS) is 24.7. The number of aliphatic hydroxyl groups excluding tert-OH is 1. The average Bonchev–Trinajstić information content (AvgIpc) is 2.20. The zero-order chi connectivity index (χ0) is 9.10. The molecule has 0 atom stereocenters. The van der Waals surface area contributed by atoms with Crippen molar-refractivity contribution in [1.82, 2.24) is 4.90 Å². The molecule has 0 aromatic rings. The summed E-state index contributed by atoms with van der Waals surface area (Å²) in [6, 6.07) is 0. The summed E-state index contributed by atoms with van der Waals surface area (Å²) in [6.45, 7) is 1.90. The predicted octanol–water partition coefficient (Wildman–Crippen LogP) is 1.15. The van der Waals surface area contributed by atoms with E-state index in [1.165, 1.54) is 0 Å². The standard InChI is InChI=1S/C10H16N2O/c13-9-4-7-12(8-5-9)10-3-1-2-6-11-10/h3,6,9,13H,1-2,4-5,7-8H2. The van der Waals surface area contributed by atoms with Gasteiger partial charge in [0.2, 0.25) is 0 Å². The van der Waals surface area contributed by atoms with Crippen molar-refractivity contribution in [3.05, 3.63) is 11.9 Å². The third-order valence-corrected chi connectivity index (χ3v) is 2.63. The number of aliphatic hydroxyl groups is 1. The van der Waals surface area contributed by atoms with Gasteiger partial charge in [-0.3, -0.25) is 0 Å². The van der Waals surface area contributed by atoms with Gasteiger partial charge in [-0.2, -0.15) is 0 Å². The van der Waals surface area contributed by atoms with E-state index in [9.17, 15) is 5.11 Å². The maximum absolute atomic E-state index is 9.34. The molecule has 3 heteroatoms. The van der Waals surface area contributed by atoms with Gasteiger partial charge in [0.1, 0.15) is 5.82 Å². The lowest BCUT2D eigenvalue weighted by Crippen LogP contribution is -2.35. The Hall–Kier alpha value is -0.830. The largest absolute Gasteiger partial charge is 0.393 e. The maximum Gasteiger partial charge on any atom is 0.124 e. The first-order valence-corrected chi connectivity index (χ1v) is 5.02. The van der Waals surface area contributed by atoms with Crippen molar-refractivity contribution >= 4 is 6.21 Å². The highest BCUT2D eigenvalue weighted by Gasteiger charge is 2.18. The molecule has 13 heavy (non-hydrogen) atoms. The summed E-state index contributed by atoms with van der Waals surface area (Å²) in [5, 5.41) is 9.34. The zero-order valence-electron chi connectivity index (χ0n) is 7.82. The number of piperidine rings is 1. The number of allylic oxidation sites excluding steroid dienone is 1. The van der Waals surface area contributed by atoms with Gasteiger partial charge in [0.25, 0.3) is 0 Å². The van der Waals surface area contributed by atoms with Crippen LogP contribution in [0.2, 0.25) is 0 Å². The minimum Gasteiger partial charge on any atom is -0.393 e. The van der Waals surface area contributed by atoms with Gasteiger partial charge in [0, 0.05) is 19.3 Å². The predicted molar refractivity (Wildman–Crippen MR) is 52.6 cm³/mol. The fraction of sp³-hybridized carbons (Fsp3) is 0.700. The van der Waals surface area contributed by atoms with E-state index in [0.717, 1.165) is 44.6 Å². The molecule has 0 spiro atoms. The van der Waals surface area contributed by atoms with Crippen LogP contribution in [0.15, 0.2) is 16.9 Å². The molecule has 72 valence electrons. The number of hydrogen-bond donors (Lipinski definition) is 1. The van der Waals surface area contributed by atoms with Gasteiger partial charge in [-0.1, -0.05) is 0 Å². The molecule has 0 aromatic heterocycles. The number of hydrogen-bond acceptors (Lipinski definition) is 3. The van der Waals surface area contributed by atoms with Gasteiger partial charge in [0.05, 0.1) is 6.10 Å². The van der Waals surface area contributed by atoms with E-state index in [1.807, 2.05) is 6.21 Å². The van der Waals surface area contributed by atoms with Gasteiger partial charge in [-0.15, -0.1) is 0 Å². The van der Waals surface area contributed by atoms with Crippen molar-refractivity contribution in [3.63, 3.8) is 0 Å². The first-order valence-electron chi connectivity index (χ1n) is 5.02. The Labute approximate surface area is 78.8 Å². The van der Waals surface area contributed by atoms with E-state index in [1.54, 1.807) is 0 Å². The number of rotatable bonds is 1. The second-order valence-electron chi connectivity index (χ2n) is 3.67. The Morgan fingerprint density at radius 2 is 2.08 bits per heavy atom. The molecule has 3 nitrogen and oxygen atoms in total. The Balaban J connectivity index is 1.94. The molecule has 0 unspecified atom stereocenters. The third kappa shape index (κ3) is 2.10. The fourth-order valence-electron chi connectivity index (χ4n) is 1.80. The van der Waals surface area contributed by atoms with Crippen LogP contribution in [0.4, 0.5) is 0 Å². The first kappa shape index (κ1) is 8.75. The highest BCUT2D eigenvalue weighted by atomic mass is 16.3. The van der Waals surface area contributed by atoms with Crippen molar-refractivity contribution in [3.8, 4) is 0 Å². The number of nitrogens with zero attached hydrogens (tertiary/aromatic N) is 2. The van der Waals surface area contributed by atoms with Gasteiger partial charge in [-0.05, 0) is 31.8 Å². The summed E-state index contributed by atoms with van der Waals surface area (Å²) in [7, 11) is 0. The molecule has 0 aromatic carbocycles. The summed E-state index contributed by atoms with van der Waals surface area (Å²) in [5.74, 6) is 1.11. The first-order chi connectivity index (χ1) is 6.36. The molecular weight excluding hydrogens is 164 g/mol. The molecule has 0 radical (unpaired) electrons. The average molecular weight is 180 g/mol. The Bertz CT molecular complexity index is 227. The molecule has 1 N–H and O–H groups in total. The van der Waals surface area contributed by atoms with Crippen molar-refractivity contribution in [1.29, 1.82) is 0 Å². The van der Waals surface area contributed by atoms with Gasteiger partial charge in [0.15, 0.2) is 0 Å². The maximum atomic E-state index is 9.34. The van der Waals surface area contributed by atoms with E-state index < -0.39 is 0 Å². The molecule has 2 rings (SSSR count). The van der Waals surface area contributed by atoms with Crippen LogP contribution in [0, 0.1) is 0 Å². The second kappa shape index (κ2) is 3.92. The van der Waals surface area contributed by atoms with E-state index in [2.05, 4.69) is 16.0 Å². The van der Waals surface area contributed by atoms with E-state index in [4.69, 9.17) is 0 Å². The van der Waals surface area contributed by atoms with Crippen molar-refractivity contribution in [2.75, 3.05) is 13.1 Å². The zero-order valence-corrected chi connectivity index (χ0v) is 7.82. The topological polar surface area (TPSA) is 35.8 Å². The minimum atomic E-state index is -0.0931. The van der Waals surface area contributed by atoms with Crippen LogP contribution >= 0.6 is 0 Å². The van der Waals surface area contributed by atoms with E-state index >= 15 is 0 Å². The van der Waals surface area contributed by atoms with Crippen LogP contribution in [-0.2, 0) is 0 Å². The van der Waals surface area contributed by atoms with Crippen LogP contribution < -0.4 is 0 Å². The van der Waals surface area contributed by atoms with Crippen molar-refractivity contribution in [2.45, 2.75) is 31.8 Å². The van der Waals surface area contributed by atoms with E-state index in [-0.39, 0.29) is 6.10 Å². The van der Waals surface area contributed by atoms with Crippen molar-refractivity contribution in [2.24, 2.45) is 4.99 Å². The molecule has 0 amide bonds. The Morgan fingerprint density at radius 3 is 2.69 bits per heavy atom. The molecule has 2 heterocycles. The van der Waals surface area contributed by atoms with Crippen LogP contribution in [0.5, 0.6) is 0 Å². The van der Waals surface area contributed by atoms with E-state index in [0.29, 0.717) is 0 Å². The molecule has 1 saturated heterocycles. The Kier molecular flexibility index (Phi) is 2.64. The van der Waals surface area contributed by atoms with Gasteiger partial charge >= 0.3 is 0 Å². The second-order valence-corrected chi connectivity index (χ2v) is 3.67. The lowest BCUT2D eigenvalue weighted by atomic mass is 10.1. The molecule has 0 aliphatic carbocycles. The SMILES string of the molecule is OC1CCN(C2=CCCC=N2)CC1. The lowest BCUT2D eigenvalue weighted by Gasteiger charge is -2.32. The molecule has 1 fully saturated rings. The van der Waals surface area contributed by atoms with Gasteiger partial charge < -0.3 is 10.0 Å². The van der Waals surface area contributed by atoms with Crippen LogP contribution in [0.3, 0.4) is 0 Å². The molecule has 2 aliphatic heterocycles. The summed E-state index contributed by atoms with van der Waals surface area (Å²) < 4.78 is 0. The lowest BCUT2D eigenvalue weighted by molar-refractivity contribution is 0.0964. The summed E-state index contributed by atoms with van der Waals surface area (Å²) >= 11 is 0. The summed E-state index contributed by atoms with van der Waals surface area (Å²) in [5.41, 5.74) is 0. The van der Waals surface area contributed by atoms with Crippen molar-refractivity contribution < 1.29 is 5.11 Å². The Morgan fingerprint density at radius 1 is 1.31 bits per heavy atom. The monoisotopic (exact) mass is 180 g/mol. The number of likely N-dealkylation sites (tertiary alicyclic amines) is 1. The summed E-state index contributed by atoms with van der Waals surface area (Å²) in [4.78, 5) is 6.62. The molecular formula is C10H16N2O. The van der Waals surface area contributed by atoms with Crippen LogP contribution in [0.1, 0.15) is 25.7 Å². The van der Waals surface area contributed by atoms with Crippen LogP contribution in [0.25, 0.3) is 0 Å². The molecule has 0 saturated carbocycles. The molecule has 2 aliphatic rings. The third-order valence-electron chi connectivity index (χ3n) is 2.63.